The molecule has 0 aliphatic carbocycles. The lowest BCUT2D eigenvalue weighted by atomic mass is 10.1. The fraction of sp³-hybridized carbons (Fsp3) is 0.250. The minimum Gasteiger partial charge on any atom is -0.392 e. The lowest BCUT2D eigenvalue weighted by Crippen LogP contribution is -2.25. The van der Waals surface area contributed by atoms with E-state index in [1.807, 2.05) is 54.6 Å². The molecule has 0 unspecified atom stereocenters. The van der Waals surface area contributed by atoms with Gasteiger partial charge in [-0.1, -0.05) is 30.3 Å². The van der Waals surface area contributed by atoms with Gasteiger partial charge in [-0.25, -0.2) is 13.4 Å². The molecule has 1 aromatic heterocycles. The van der Waals surface area contributed by atoms with Crippen molar-refractivity contribution in [1.29, 1.82) is 0 Å². The van der Waals surface area contributed by atoms with Crippen LogP contribution in [0.4, 0.5) is 11.5 Å². The van der Waals surface area contributed by atoms with Crippen molar-refractivity contribution in [3.8, 4) is 0 Å². The Labute approximate surface area is 158 Å². The zero-order chi connectivity index (χ0) is 18.9. The third-order valence-electron chi connectivity index (χ3n) is 4.73. The highest BCUT2D eigenvalue weighted by Crippen LogP contribution is 2.26. The summed E-state index contributed by atoms with van der Waals surface area (Å²) in [6.07, 6.45) is 0.658. The van der Waals surface area contributed by atoms with Crippen LogP contribution < -0.4 is 9.62 Å². The van der Waals surface area contributed by atoms with Crippen LogP contribution in [0, 0.1) is 0 Å². The number of benzene rings is 2. The number of pyridine rings is 1. The van der Waals surface area contributed by atoms with E-state index in [2.05, 4.69) is 10.3 Å². The molecular formula is C20H21N3O3S. The number of aliphatic hydroxyl groups excluding tert-OH is 1. The van der Waals surface area contributed by atoms with Gasteiger partial charge in [-0.2, -0.15) is 0 Å². The van der Waals surface area contributed by atoms with Crippen molar-refractivity contribution >= 4 is 32.4 Å². The maximum atomic E-state index is 12.1. The number of aromatic nitrogens is 1. The summed E-state index contributed by atoms with van der Waals surface area (Å²) in [4.78, 5) is 4.61. The van der Waals surface area contributed by atoms with Gasteiger partial charge < -0.3 is 10.4 Å². The SMILES string of the molecule is O=S1(=O)CCCN1c1cccc(CNc2nc3ccccc3cc2CO)c1. The summed E-state index contributed by atoms with van der Waals surface area (Å²) in [6, 6.07) is 17.2. The number of hydrogen-bond donors (Lipinski definition) is 2. The molecule has 7 heteroatoms. The van der Waals surface area contributed by atoms with Crippen molar-refractivity contribution < 1.29 is 13.5 Å². The van der Waals surface area contributed by atoms with E-state index in [1.165, 1.54) is 4.31 Å². The molecule has 2 N–H and O–H groups in total. The van der Waals surface area contributed by atoms with Crippen molar-refractivity contribution in [2.24, 2.45) is 0 Å². The van der Waals surface area contributed by atoms with Crippen molar-refractivity contribution in [2.45, 2.75) is 19.6 Å². The molecule has 1 aliphatic rings. The highest BCUT2D eigenvalue weighted by atomic mass is 32.2. The maximum Gasteiger partial charge on any atom is 0.235 e. The summed E-state index contributed by atoms with van der Waals surface area (Å²) >= 11 is 0. The Morgan fingerprint density at radius 3 is 2.74 bits per heavy atom. The second-order valence-corrected chi connectivity index (χ2v) is 8.62. The first-order valence-electron chi connectivity index (χ1n) is 8.89. The lowest BCUT2D eigenvalue weighted by Gasteiger charge is -2.18. The Morgan fingerprint density at radius 2 is 1.96 bits per heavy atom. The van der Waals surface area contributed by atoms with Crippen molar-refractivity contribution in [2.75, 3.05) is 21.9 Å². The molecule has 27 heavy (non-hydrogen) atoms. The molecule has 0 spiro atoms. The highest BCUT2D eigenvalue weighted by molar-refractivity contribution is 7.93. The first-order chi connectivity index (χ1) is 13.1. The molecule has 0 atom stereocenters. The van der Waals surface area contributed by atoms with Crippen LogP contribution >= 0.6 is 0 Å². The van der Waals surface area contributed by atoms with Gasteiger partial charge in [0.1, 0.15) is 5.82 Å². The summed E-state index contributed by atoms with van der Waals surface area (Å²) in [5.41, 5.74) is 3.23. The van der Waals surface area contributed by atoms with Crippen molar-refractivity contribution in [3.05, 3.63) is 65.7 Å². The predicted octanol–water partition coefficient (Wildman–Crippen LogP) is 2.88. The van der Waals surface area contributed by atoms with E-state index >= 15 is 0 Å². The first kappa shape index (κ1) is 17.8. The zero-order valence-corrected chi connectivity index (χ0v) is 15.6. The predicted molar refractivity (Wildman–Crippen MR) is 107 cm³/mol. The Bertz CT molecular complexity index is 1080. The number of nitrogens with zero attached hydrogens (tertiary/aromatic N) is 2. The molecule has 0 bridgehead atoms. The Morgan fingerprint density at radius 1 is 1.11 bits per heavy atom. The number of hydrogen-bond acceptors (Lipinski definition) is 5. The number of fused-ring (bicyclic) bond motifs is 1. The molecule has 0 radical (unpaired) electrons. The fourth-order valence-corrected chi connectivity index (χ4v) is 4.93. The molecule has 1 saturated heterocycles. The first-order valence-corrected chi connectivity index (χ1v) is 10.5. The number of para-hydroxylation sites is 1. The standard InChI is InChI=1S/C20H21N3O3S/c24-14-17-12-16-6-1-2-8-19(16)22-20(17)21-13-15-5-3-7-18(11-15)23-9-4-10-27(23,25)26/h1-3,5-8,11-12,24H,4,9-10,13-14H2,(H,21,22). The molecule has 3 aromatic rings. The fourth-order valence-electron chi connectivity index (χ4n) is 3.37. The average Bonchev–Trinajstić information content (AvgIpc) is 3.05. The van der Waals surface area contributed by atoms with Crippen LogP contribution in [0.3, 0.4) is 0 Å². The van der Waals surface area contributed by atoms with E-state index in [4.69, 9.17) is 0 Å². The molecule has 2 heterocycles. The number of sulfonamides is 1. The summed E-state index contributed by atoms with van der Waals surface area (Å²) in [6.45, 7) is 0.909. The van der Waals surface area contributed by atoms with Crippen LogP contribution in [0.2, 0.25) is 0 Å². The minimum absolute atomic E-state index is 0.105. The molecule has 1 aliphatic heterocycles. The third-order valence-corrected chi connectivity index (χ3v) is 6.60. The Balaban J connectivity index is 1.57. The average molecular weight is 383 g/mol. The highest BCUT2D eigenvalue weighted by Gasteiger charge is 2.28. The molecule has 2 aromatic carbocycles. The number of nitrogens with one attached hydrogen (secondary N) is 1. The Kier molecular flexibility index (Phi) is 4.72. The molecule has 4 rings (SSSR count). The van der Waals surface area contributed by atoms with Crippen molar-refractivity contribution in [1.82, 2.24) is 4.98 Å². The van der Waals surface area contributed by atoms with Gasteiger partial charge in [0.2, 0.25) is 10.0 Å². The smallest absolute Gasteiger partial charge is 0.235 e. The summed E-state index contributed by atoms with van der Waals surface area (Å²) in [7, 11) is -3.19. The van der Waals surface area contributed by atoms with E-state index in [9.17, 15) is 13.5 Å². The minimum atomic E-state index is -3.19. The second kappa shape index (κ2) is 7.17. The monoisotopic (exact) mass is 383 g/mol. The van der Waals surface area contributed by atoms with Crippen LogP contribution in [0.1, 0.15) is 17.5 Å². The Hall–Kier alpha value is -2.64. The number of aliphatic hydroxyl groups is 1. The van der Waals surface area contributed by atoms with E-state index < -0.39 is 10.0 Å². The van der Waals surface area contributed by atoms with E-state index in [1.54, 1.807) is 0 Å². The van der Waals surface area contributed by atoms with Gasteiger partial charge in [0, 0.05) is 24.0 Å². The summed E-state index contributed by atoms with van der Waals surface area (Å²) in [5, 5.41) is 13.9. The molecular weight excluding hydrogens is 362 g/mol. The van der Waals surface area contributed by atoms with Crippen LogP contribution in [0.15, 0.2) is 54.6 Å². The number of anilines is 2. The van der Waals surface area contributed by atoms with Crippen LogP contribution in [0.25, 0.3) is 10.9 Å². The molecule has 0 amide bonds. The largest absolute Gasteiger partial charge is 0.392 e. The van der Waals surface area contributed by atoms with E-state index in [0.717, 1.165) is 22.0 Å². The van der Waals surface area contributed by atoms with Crippen LogP contribution in [-0.4, -0.2) is 30.8 Å². The van der Waals surface area contributed by atoms with E-state index in [-0.39, 0.29) is 12.4 Å². The molecule has 1 fully saturated rings. The van der Waals surface area contributed by atoms with Gasteiger partial charge >= 0.3 is 0 Å². The third kappa shape index (κ3) is 3.61. The quantitative estimate of drug-likeness (QED) is 0.708. The van der Waals surface area contributed by atoms with Gasteiger partial charge in [0.15, 0.2) is 0 Å². The van der Waals surface area contributed by atoms with Gasteiger partial charge in [0.05, 0.1) is 23.6 Å². The van der Waals surface area contributed by atoms with Gasteiger partial charge in [-0.05, 0) is 36.2 Å². The summed E-state index contributed by atoms with van der Waals surface area (Å²) in [5.74, 6) is 0.839. The number of rotatable bonds is 5. The van der Waals surface area contributed by atoms with E-state index in [0.29, 0.717) is 31.0 Å². The summed E-state index contributed by atoms with van der Waals surface area (Å²) < 4.78 is 25.7. The van der Waals surface area contributed by atoms with Crippen LogP contribution in [-0.2, 0) is 23.2 Å². The maximum absolute atomic E-state index is 12.1. The molecule has 0 saturated carbocycles. The van der Waals surface area contributed by atoms with Crippen molar-refractivity contribution in [3.63, 3.8) is 0 Å². The molecule has 140 valence electrons. The molecule has 6 nitrogen and oxygen atoms in total. The normalized spacial score (nSPS) is 16.0. The topological polar surface area (TPSA) is 82.5 Å². The second-order valence-electron chi connectivity index (χ2n) is 6.61. The van der Waals surface area contributed by atoms with Gasteiger partial charge in [-0.3, -0.25) is 4.31 Å². The lowest BCUT2D eigenvalue weighted by molar-refractivity contribution is 0.282. The van der Waals surface area contributed by atoms with Gasteiger partial charge in [-0.15, -0.1) is 0 Å². The zero-order valence-electron chi connectivity index (χ0n) is 14.8. The van der Waals surface area contributed by atoms with Crippen LogP contribution in [0.5, 0.6) is 0 Å². The van der Waals surface area contributed by atoms with Gasteiger partial charge in [0.25, 0.3) is 0 Å².